The van der Waals surface area contributed by atoms with Gasteiger partial charge in [0.25, 0.3) is 0 Å². The Kier molecular flexibility index (Phi) is 10.9. The zero-order valence-electron chi connectivity index (χ0n) is 27.7. The van der Waals surface area contributed by atoms with Crippen LogP contribution in [0.5, 0.6) is 5.75 Å². The molecule has 1 saturated heterocycles. The maximum atomic E-state index is 14.9. The number of hydrogen-bond acceptors (Lipinski definition) is 6. The maximum Gasteiger partial charge on any atom is 0.326 e. The molecule has 11 heteroatoms. The van der Waals surface area contributed by atoms with Gasteiger partial charge in [0, 0.05) is 42.5 Å². The number of nitrogens with zero attached hydrogens (tertiary/aromatic N) is 4. The monoisotopic (exact) mass is 698 g/mol. The summed E-state index contributed by atoms with van der Waals surface area (Å²) in [5.41, 5.74) is 3.58. The Balaban J connectivity index is 1.61. The Hall–Kier alpha value is -3.11. The fourth-order valence-corrected chi connectivity index (χ4v) is 6.98. The van der Waals surface area contributed by atoms with Crippen LogP contribution in [-0.4, -0.2) is 86.3 Å². The maximum absolute atomic E-state index is 14.9. The fourth-order valence-electron chi connectivity index (χ4n) is 6.14. The first-order valence-electron chi connectivity index (χ1n) is 16.1. The second-order valence-electron chi connectivity index (χ2n) is 13.3. The molecule has 0 aliphatic carbocycles. The molecule has 252 valence electrons. The zero-order valence-corrected chi connectivity index (χ0v) is 30.1. The summed E-state index contributed by atoms with van der Waals surface area (Å²) in [5, 5.41) is 1.22. The van der Waals surface area contributed by atoms with Crippen LogP contribution < -0.4 is 4.74 Å². The highest BCUT2D eigenvalue weighted by molar-refractivity contribution is 7.90. The Morgan fingerprint density at radius 1 is 0.915 bits per heavy atom. The summed E-state index contributed by atoms with van der Waals surface area (Å²) in [4.78, 5) is 26.0. The van der Waals surface area contributed by atoms with Crippen molar-refractivity contribution in [3.05, 3.63) is 99.0 Å². The number of amides is 2. The molecule has 2 aliphatic rings. The van der Waals surface area contributed by atoms with Crippen molar-refractivity contribution < 1.29 is 17.9 Å². The van der Waals surface area contributed by atoms with E-state index < -0.39 is 21.9 Å². The predicted molar refractivity (Wildman–Crippen MR) is 191 cm³/mol. The third-order valence-corrected chi connectivity index (χ3v) is 10.1. The minimum atomic E-state index is -3.09. The average molecular weight is 700 g/mol. The summed E-state index contributed by atoms with van der Waals surface area (Å²) in [6.07, 6.45) is 1.99. The number of benzene rings is 3. The first kappa shape index (κ1) is 35.2. The van der Waals surface area contributed by atoms with Crippen LogP contribution in [0.2, 0.25) is 10.0 Å². The minimum Gasteiger partial charge on any atom is -0.493 e. The van der Waals surface area contributed by atoms with Gasteiger partial charge in [-0.25, -0.2) is 13.2 Å². The highest BCUT2D eigenvalue weighted by atomic mass is 35.5. The van der Waals surface area contributed by atoms with Gasteiger partial charge in [-0.3, -0.25) is 9.89 Å². The highest BCUT2D eigenvalue weighted by Crippen LogP contribution is 2.46. The van der Waals surface area contributed by atoms with E-state index in [0.29, 0.717) is 54.4 Å². The van der Waals surface area contributed by atoms with E-state index in [-0.39, 0.29) is 17.2 Å². The molecule has 3 aromatic rings. The standard InChI is InChI=1S/C36H44Cl2N4O4S/c1-6-46-31-24-27(36(2,3)4)12-17-30(31)34-39-32(25-8-13-28(37)14-9-25)33(26-10-15-29(38)16-11-26)42(34)35(43)41-19-7-18-40(20-21-41)22-23-47(5,44)45/h8-17,24,32-33H,6-7,18-23H2,1-5H3/t32-,33+/m0/s1. The van der Waals surface area contributed by atoms with E-state index in [2.05, 4.69) is 37.8 Å². The summed E-state index contributed by atoms with van der Waals surface area (Å²) in [6.45, 7) is 11.6. The predicted octanol–water partition coefficient (Wildman–Crippen LogP) is 7.41. The molecule has 0 N–H and O–H groups in total. The summed E-state index contributed by atoms with van der Waals surface area (Å²) >= 11 is 12.6. The van der Waals surface area contributed by atoms with Crippen LogP contribution in [0.25, 0.3) is 0 Å². The van der Waals surface area contributed by atoms with Gasteiger partial charge in [-0.05, 0) is 78.4 Å². The number of ether oxygens (including phenoxy) is 1. The summed E-state index contributed by atoms with van der Waals surface area (Å²) in [5.74, 6) is 1.30. The normalized spacial score (nSPS) is 19.4. The van der Waals surface area contributed by atoms with Crippen molar-refractivity contribution in [2.45, 2.75) is 51.6 Å². The lowest BCUT2D eigenvalue weighted by molar-refractivity contribution is 0.164. The lowest BCUT2D eigenvalue weighted by Gasteiger charge is -2.34. The fraction of sp³-hybridized carbons (Fsp3) is 0.444. The molecule has 2 heterocycles. The van der Waals surface area contributed by atoms with Gasteiger partial charge in [0.15, 0.2) is 0 Å². The lowest BCUT2D eigenvalue weighted by Crippen LogP contribution is -2.48. The first-order valence-corrected chi connectivity index (χ1v) is 18.9. The zero-order chi connectivity index (χ0) is 33.9. The van der Waals surface area contributed by atoms with Crippen LogP contribution >= 0.6 is 23.2 Å². The molecule has 1 fully saturated rings. The molecular weight excluding hydrogens is 655 g/mol. The van der Waals surface area contributed by atoms with E-state index in [0.717, 1.165) is 35.2 Å². The lowest BCUT2D eigenvalue weighted by atomic mass is 9.86. The van der Waals surface area contributed by atoms with Gasteiger partial charge >= 0.3 is 6.03 Å². The van der Waals surface area contributed by atoms with E-state index >= 15 is 0 Å². The van der Waals surface area contributed by atoms with Crippen molar-refractivity contribution in [3.63, 3.8) is 0 Å². The second-order valence-corrected chi connectivity index (χ2v) is 16.4. The van der Waals surface area contributed by atoms with E-state index in [1.807, 2.05) is 71.3 Å². The summed E-state index contributed by atoms with van der Waals surface area (Å²) in [6, 6.07) is 20.3. The molecular formula is C36H44Cl2N4O4S. The number of sulfone groups is 1. The van der Waals surface area contributed by atoms with Crippen molar-refractivity contribution in [3.8, 4) is 5.75 Å². The van der Waals surface area contributed by atoms with Gasteiger partial charge in [0.1, 0.15) is 27.5 Å². The Bertz CT molecular complexity index is 1710. The smallest absolute Gasteiger partial charge is 0.326 e. The van der Waals surface area contributed by atoms with Crippen molar-refractivity contribution >= 4 is 44.9 Å². The van der Waals surface area contributed by atoms with Gasteiger partial charge in [0.05, 0.1) is 24.0 Å². The number of carbonyl (C=O) groups excluding carboxylic acids is 1. The molecule has 2 atom stereocenters. The molecule has 0 bridgehead atoms. The first-order chi connectivity index (χ1) is 22.2. The van der Waals surface area contributed by atoms with Gasteiger partial charge in [-0.15, -0.1) is 0 Å². The van der Waals surface area contributed by atoms with Gasteiger partial charge < -0.3 is 14.5 Å². The molecule has 0 saturated carbocycles. The molecule has 3 aromatic carbocycles. The van der Waals surface area contributed by atoms with Crippen molar-refractivity contribution in [1.29, 1.82) is 0 Å². The van der Waals surface area contributed by atoms with Crippen LogP contribution in [0.3, 0.4) is 0 Å². The van der Waals surface area contributed by atoms with E-state index in [9.17, 15) is 13.2 Å². The highest BCUT2D eigenvalue weighted by Gasteiger charge is 2.45. The molecule has 8 nitrogen and oxygen atoms in total. The van der Waals surface area contributed by atoms with E-state index in [4.69, 9.17) is 32.9 Å². The van der Waals surface area contributed by atoms with Gasteiger partial charge in [0.2, 0.25) is 0 Å². The topological polar surface area (TPSA) is 82.5 Å². The SMILES string of the molecule is CCOc1cc(C(C)(C)C)ccc1C1=N[C@@H](c2ccc(Cl)cc2)[C@@H](c2ccc(Cl)cc2)N1C(=O)N1CCCN(CCS(C)(=O)=O)CC1. The summed E-state index contributed by atoms with van der Waals surface area (Å²) in [7, 11) is -3.09. The molecule has 0 spiro atoms. The number of amidine groups is 1. The number of urea groups is 1. The van der Waals surface area contributed by atoms with Crippen molar-refractivity contribution in [1.82, 2.24) is 14.7 Å². The number of hydrogen-bond donors (Lipinski definition) is 0. The third kappa shape index (κ3) is 8.49. The second kappa shape index (κ2) is 14.6. The van der Waals surface area contributed by atoms with Crippen LogP contribution in [0.1, 0.15) is 68.5 Å². The molecule has 0 radical (unpaired) electrons. The van der Waals surface area contributed by atoms with Crippen LogP contribution in [0.4, 0.5) is 4.79 Å². The number of halogens is 2. The molecule has 5 rings (SSSR count). The third-order valence-electron chi connectivity index (χ3n) is 8.72. The van der Waals surface area contributed by atoms with E-state index in [1.54, 1.807) is 0 Å². The Morgan fingerprint density at radius 2 is 1.55 bits per heavy atom. The van der Waals surface area contributed by atoms with Crippen molar-refractivity contribution in [2.24, 2.45) is 4.99 Å². The van der Waals surface area contributed by atoms with Gasteiger partial charge in [-0.1, -0.05) is 74.3 Å². The quantitative estimate of drug-likeness (QED) is 0.245. The molecule has 47 heavy (non-hydrogen) atoms. The van der Waals surface area contributed by atoms with E-state index in [1.165, 1.54) is 6.26 Å². The Labute approximate surface area is 289 Å². The molecule has 0 aromatic heterocycles. The molecule has 2 aliphatic heterocycles. The van der Waals surface area contributed by atoms with Crippen LogP contribution in [0, 0.1) is 0 Å². The van der Waals surface area contributed by atoms with Gasteiger partial charge in [-0.2, -0.15) is 0 Å². The Morgan fingerprint density at radius 3 is 2.15 bits per heavy atom. The minimum absolute atomic E-state index is 0.0933. The number of rotatable bonds is 8. The number of aliphatic imine (C=N–C) groups is 1. The largest absolute Gasteiger partial charge is 0.493 e. The van der Waals surface area contributed by atoms with Crippen LogP contribution in [0.15, 0.2) is 71.7 Å². The average Bonchev–Trinajstić information content (AvgIpc) is 3.24. The van der Waals surface area contributed by atoms with Crippen molar-refractivity contribution in [2.75, 3.05) is 51.3 Å². The number of carbonyl (C=O) groups is 1. The molecule has 2 amide bonds. The van der Waals surface area contributed by atoms with Crippen LogP contribution in [-0.2, 0) is 15.3 Å². The molecule has 0 unspecified atom stereocenters. The summed E-state index contributed by atoms with van der Waals surface area (Å²) < 4.78 is 29.9.